The average molecular weight is 437 g/mol. The van der Waals surface area contributed by atoms with Gasteiger partial charge >= 0.3 is 0 Å². The molecule has 1 aromatic heterocycles. The van der Waals surface area contributed by atoms with Crippen LogP contribution in [0.1, 0.15) is 44.4 Å². The van der Waals surface area contributed by atoms with Crippen LogP contribution in [-0.4, -0.2) is 22.5 Å². The summed E-state index contributed by atoms with van der Waals surface area (Å²) < 4.78 is 0. The molecule has 1 amide bonds. The molecule has 0 bridgehead atoms. The molecule has 2 N–H and O–H groups in total. The molecule has 4 rings (SSSR count). The van der Waals surface area contributed by atoms with Gasteiger partial charge in [0.2, 0.25) is 0 Å². The van der Waals surface area contributed by atoms with E-state index in [1.54, 1.807) is 6.07 Å². The summed E-state index contributed by atoms with van der Waals surface area (Å²) >= 11 is 0. The molecular weight excluding hydrogens is 408 g/mol. The minimum Gasteiger partial charge on any atom is -0.384 e. The molecule has 0 radical (unpaired) electrons. The standard InChI is InChI=1S/C29H28N2O2/c1-20-8-12-23(13-9-20)25-16-26(28(32)24-6-4-3-5-7-24)18-27(17-25)29(33)30-15-14-22-11-10-21(2)31-19-22/h3-13,16-19,28,32H,14-15H2,1-2H3,(H,30,33)/t28-/m1/s1. The molecule has 0 aliphatic carbocycles. The first-order valence-electron chi connectivity index (χ1n) is 11.1. The average Bonchev–Trinajstić information content (AvgIpc) is 2.85. The van der Waals surface area contributed by atoms with E-state index in [1.807, 2.05) is 98.9 Å². The Morgan fingerprint density at radius 1 is 0.879 bits per heavy atom. The van der Waals surface area contributed by atoms with Crippen molar-refractivity contribution in [1.29, 1.82) is 0 Å². The number of nitrogens with zero attached hydrogens (tertiary/aromatic N) is 1. The number of aliphatic hydroxyl groups excluding tert-OH is 1. The quantitative estimate of drug-likeness (QED) is 0.407. The van der Waals surface area contributed by atoms with E-state index in [0.717, 1.165) is 27.9 Å². The normalized spacial score (nSPS) is 11.7. The van der Waals surface area contributed by atoms with Gasteiger partial charge in [0, 0.05) is 24.0 Å². The van der Waals surface area contributed by atoms with Crippen LogP contribution >= 0.6 is 0 Å². The molecule has 4 heteroatoms. The lowest BCUT2D eigenvalue weighted by atomic mass is 9.94. The molecule has 0 saturated carbocycles. The number of aryl methyl sites for hydroxylation is 2. The van der Waals surface area contributed by atoms with Crippen molar-refractivity contribution in [3.05, 3.63) is 125 Å². The van der Waals surface area contributed by atoms with Gasteiger partial charge in [-0.3, -0.25) is 9.78 Å². The van der Waals surface area contributed by atoms with Crippen molar-refractivity contribution in [2.24, 2.45) is 0 Å². The second-order valence-electron chi connectivity index (χ2n) is 8.34. The first-order valence-corrected chi connectivity index (χ1v) is 11.1. The van der Waals surface area contributed by atoms with Crippen molar-refractivity contribution in [3.63, 3.8) is 0 Å². The molecule has 166 valence electrons. The van der Waals surface area contributed by atoms with E-state index < -0.39 is 6.10 Å². The maximum Gasteiger partial charge on any atom is 0.251 e. The Bertz CT molecular complexity index is 1220. The SMILES string of the molecule is Cc1ccc(-c2cc(C(=O)NCCc3ccc(C)nc3)cc([C@H](O)c3ccccc3)c2)cc1. The summed E-state index contributed by atoms with van der Waals surface area (Å²) in [5.74, 6) is -0.162. The zero-order valence-electron chi connectivity index (χ0n) is 19.0. The summed E-state index contributed by atoms with van der Waals surface area (Å²) in [6.45, 7) is 4.50. The lowest BCUT2D eigenvalue weighted by Crippen LogP contribution is -2.26. The first-order chi connectivity index (χ1) is 16.0. The van der Waals surface area contributed by atoms with Crippen LogP contribution in [0.25, 0.3) is 11.1 Å². The highest BCUT2D eigenvalue weighted by molar-refractivity contribution is 5.95. The fraction of sp³-hybridized carbons (Fsp3) is 0.172. The van der Waals surface area contributed by atoms with Gasteiger partial charge in [-0.25, -0.2) is 0 Å². The van der Waals surface area contributed by atoms with Gasteiger partial charge in [0.15, 0.2) is 0 Å². The number of carbonyl (C=O) groups is 1. The van der Waals surface area contributed by atoms with E-state index in [1.165, 1.54) is 5.56 Å². The molecule has 0 aliphatic rings. The van der Waals surface area contributed by atoms with Crippen molar-refractivity contribution in [1.82, 2.24) is 10.3 Å². The van der Waals surface area contributed by atoms with Crippen LogP contribution in [0.5, 0.6) is 0 Å². The molecule has 0 aliphatic heterocycles. The maximum atomic E-state index is 13.0. The van der Waals surface area contributed by atoms with Crippen molar-refractivity contribution in [3.8, 4) is 11.1 Å². The van der Waals surface area contributed by atoms with Crippen LogP contribution in [0.3, 0.4) is 0 Å². The van der Waals surface area contributed by atoms with E-state index in [4.69, 9.17) is 0 Å². The van der Waals surface area contributed by atoms with Gasteiger partial charge in [-0.1, -0.05) is 66.2 Å². The second kappa shape index (κ2) is 10.2. The Morgan fingerprint density at radius 3 is 2.33 bits per heavy atom. The summed E-state index contributed by atoms with van der Waals surface area (Å²) in [5, 5.41) is 14.0. The van der Waals surface area contributed by atoms with Gasteiger partial charge < -0.3 is 10.4 Å². The number of hydrogen-bond donors (Lipinski definition) is 2. The summed E-state index contributed by atoms with van der Waals surface area (Å²) in [5.41, 5.74) is 7.12. The topological polar surface area (TPSA) is 62.2 Å². The molecule has 4 aromatic rings. The first kappa shape index (κ1) is 22.4. The summed E-state index contributed by atoms with van der Waals surface area (Å²) in [4.78, 5) is 17.3. The Kier molecular flexibility index (Phi) is 6.96. The highest BCUT2D eigenvalue weighted by Gasteiger charge is 2.16. The third-order valence-electron chi connectivity index (χ3n) is 5.71. The smallest absolute Gasteiger partial charge is 0.251 e. The molecular formula is C29H28N2O2. The monoisotopic (exact) mass is 436 g/mol. The molecule has 0 fully saturated rings. The van der Waals surface area contributed by atoms with Gasteiger partial charge in [0.1, 0.15) is 6.10 Å². The Labute approximate surface area is 195 Å². The van der Waals surface area contributed by atoms with Gasteiger partial charge in [0.25, 0.3) is 5.91 Å². The van der Waals surface area contributed by atoms with Gasteiger partial charge in [-0.05, 0) is 72.4 Å². The molecule has 0 spiro atoms. The third kappa shape index (κ3) is 5.73. The van der Waals surface area contributed by atoms with E-state index in [2.05, 4.69) is 10.3 Å². The number of aromatic nitrogens is 1. The number of carbonyl (C=O) groups excluding carboxylic acids is 1. The van der Waals surface area contributed by atoms with E-state index in [9.17, 15) is 9.90 Å². The van der Waals surface area contributed by atoms with Crippen LogP contribution in [0.15, 0.2) is 91.1 Å². The number of nitrogens with one attached hydrogen (secondary N) is 1. The summed E-state index contributed by atoms with van der Waals surface area (Å²) in [6, 6.07) is 27.3. The molecule has 1 atom stereocenters. The Balaban J connectivity index is 1.60. The third-order valence-corrected chi connectivity index (χ3v) is 5.71. The number of benzene rings is 3. The Hall–Kier alpha value is -3.76. The fourth-order valence-electron chi connectivity index (χ4n) is 3.75. The van der Waals surface area contributed by atoms with Gasteiger partial charge in [0.05, 0.1) is 0 Å². The van der Waals surface area contributed by atoms with Crippen LogP contribution in [-0.2, 0) is 6.42 Å². The predicted molar refractivity (Wildman–Crippen MR) is 132 cm³/mol. The fourth-order valence-corrected chi connectivity index (χ4v) is 3.75. The minimum absolute atomic E-state index is 0.162. The van der Waals surface area contributed by atoms with Crippen LogP contribution < -0.4 is 5.32 Å². The molecule has 1 heterocycles. The number of hydrogen-bond acceptors (Lipinski definition) is 3. The van der Waals surface area contributed by atoms with E-state index >= 15 is 0 Å². The summed E-state index contributed by atoms with van der Waals surface area (Å²) in [7, 11) is 0. The van der Waals surface area contributed by atoms with E-state index in [0.29, 0.717) is 24.1 Å². The van der Waals surface area contributed by atoms with Crippen molar-refractivity contribution >= 4 is 5.91 Å². The Morgan fingerprint density at radius 2 is 1.64 bits per heavy atom. The van der Waals surface area contributed by atoms with Crippen LogP contribution in [0.4, 0.5) is 0 Å². The van der Waals surface area contributed by atoms with Crippen molar-refractivity contribution in [2.45, 2.75) is 26.4 Å². The highest BCUT2D eigenvalue weighted by atomic mass is 16.3. The van der Waals surface area contributed by atoms with E-state index in [-0.39, 0.29) is 5.91 Å². The minimum atomic E-state index is -0.818. The van der Waals surface area contributed by atoms with Gasteiger partial charge in [-0.2, -0.15) is 0 Å². The number of rotatable bonds is 7. The van der Waals surface area contributed by atoms with Crippen molar-refractivity contribution < 1.29 is 9.90 Å². The van der Waals surface area contributed by atoms with Crippen LogP contribution in [0.2, 0.25) is 0 Å². The summed E-state index contributed by atoms with van der Waals surface area (Å²) in [6.07, 6.45) is 1.73. The molecule has 0 unspecified atom stereocenters. The highest BCUT2D eigenvalue weighted by Crippen LogP contribution is 2.29. The zero-order valence-corrected chi connectivity index (χ0v) is 19.0. The lowest BCUT2D eigenvalue weighted by molar-refractivity contribution is 0.0954. The maximum absolute atomic E-state index is 13.0. The van der Waals surface area contributed by atoms with Gasteiger partial charge in [-0.15, -0.1) is 0 Å². The molecule has 3 aromatic carbocycles. The number of amides is 1. The zero-order chi connectivity index (χ0) is 23.2. The lowest BCUT2D eigenvalue weighted by Gasteiger charge is -2.16. The second-order valence-corrected chi connectivity index (χ2v) is 8.34. The molecule has 4 nitrogen and oxygen atoms in total. The number of aliphatic hydroxyl groups is 1. The number of pyridine rings is 1. The largest absolute Gasteiger partial charge is 0.384 e. The van der Waals surface area contributed by atoms with Crippen LogP contribution in [0, 0.1) is 13.8 Å². The molecule has 0 saturated heterocycles. The predicted octanol–water partition coefficient (Wildman–Crippen LogP) is 5.42. The molecule has 33 heavy (non-hydrogen) atoms. The van der Waals surface area contributed by atoms with Crippen molar-refractivity contribution in [2.75, 3.05) is 6.54 Å².